The molecule has 4 aromatic rings. The van der Waals surface area contributed by atoms with Crippen LogP contribution in [0.2, 0.25) is 0 Å². The molecule has 9 nitrogen and oxygen atoms in total. The number of hydrogen-bond donors (Lipinski definition) is 1. The third-order valence-corrected chi connectivity index (χ3v) is 7.38. The third kappa shape index (κ3) is 6.29. The molecule has 44 heavy (non-hydrogen) atoms. The molecule has 1 aliphatic heterocycles. The van der Waals surface area contributed by atoms with Crippen molar-refractivity contribution < 1.29 is 28.3 Å². The molecule has 1 unspecified atom stereocenters. The highest BCUT2D eigenvalue weighted by atomic mass is 19.1. The van der Waals surface area contributed by atoms with Crippen molar-refractivity contribution in [1.82, 2.24) is 4.90 Å². The minimum atomic E-state index is -1.19. The lowest BCUT2D eigenvalue weighted by Gasteiger charge is -2.33. The predicted molar refractivity (Wildman–Crippen MR) is 165 cm³/mol. The second kappa shape index (κ2) is 12.8. The van der Waals surface area contributed by atoms with Gasteiger partial charge in [0.1, 0.15) is 24.2 Å². The number of amides is 3. The summed E-state index contributed by atoms with van der Waals surface area (Å²) >= 11 is 0. The van der Waals surface area contributed by atoms with Crippen molar-refractivity contribution in [2.45, 2.75) is 12.6 Å². The molecule has 1 N–H and O–H groups in total. The van der Waals surface area contributed by atoms with Crippen molar-refractivity contribution in [2.75, 3.05) is 42.9 Å². The van der Waals surface area contributed by atoms with E-state index in [1.807, 2.05) is 31.1 Å². The topological polar surface area (TPSA) is 99.3 Å². The molecule has 0 aromatic heterocycles. The highest BCUT2D eigenvalue weighted by Crippen LogP contribution is 2.32. The van der Waals surface area contributed by atoms with Crippen molar-refractivity contribution in [3.8, 4) is 5.75 Å². The minimum absolute atomic E-state index is 0.0917. The molecule has 10 heteroatoms. The number of anilines is 3. The van der Waals surface area contributed by atoms with Crippen LogP contribution in [0.3, 0.4) is 0 Å². The molecule has 224 valence electrons. The number of ether oxygens (including phenoxy) is 1. The number of benzene rings is 4. The van der Waals surface area contributed by atoms with Crippen LogP contribution in [0.15, 0.2) is 97.1 Å². The van der Waals surface area contributed by atoms with Crippen molar-refractivity contribution >= 4 is 40.6 Å². The first-order chi connectivity index (χ1) is 21.2. The van der Waals surface area contributed by atoms with Gasteiger partial charge in [0.2, 0.25) is 5.91 Å². The maximum Gasteiger partial charge on any atom is 0.299 e. The average Bonchev–Trinajstić information content (AvgIpc) is 3.26. The number of nitrogens with one attached hydrogen (secondary N) is 1. The van der Waals surface area contributed by atoms with Crippen LogP contribution in [0.4, 0.5) is 21.5 Å². The zero-order chi connectivity index (χ0) is 31.4. The molecule has 4 aromatic carbocycles. The second-order valence-electron chi connectivity index (χ2n) is 10.5. The third-order valence-electron chi connectivity index (χ3n) is 7.38. The quantitative estimate of drug-likeness (QED) is 0.264. The molecule has 3 amide bonds. The van der Waals surface area contributed by atoms with Gasteiger partial charge in [0.15, 0.2) is 0 Å². The molecular weight excluding hydrogens is 563 g/mol. The smallest absolute Gasteiger partial charge is 0.299 e. The van der Waals surface area contributed by atoms with Crippen molar-refractivity contribution in [3.05, 3.63) is 120 Å². The first-order valence-electron chi connectivity index (χ1n) is 13.9. The van der Waals surface area contributed by atoms with Gasteiger partial charge < -0.3 is 19.9 Å². The van der Waals surface area contributed by atoms with Gasteiger partial charge in [-0.05, 0) is 71.8 Å². The van der Waals surface area contributed by atoms with E-state index in [9.17, 15) is 23.6 Å². The Labute approximate surface area is 254 Å². The zero-order valence-electron chi connectivity index (χ0n) is 24.5. The van der Waals surface area contributed by atoms with Crippen LogP contribution >= 0.6 is 0 Å². The van der Waals surface area contributed by atoms with Crippen LogP contribution in [0.25, 0.3) is 0 Å². The molecule has 0 fully saturated rings. The first-order valence-corrected chi connectivity index (χ1v) is 13.9. The Hall–Kier alpha value is -5.51. The lowest BCUT2D eigenvalue weighted by Crippen LogP contribution is -2.46. The highest BCUT2D eigenvalue weighted by Gasteiger charge is 2.39. The van der Waals surface area contributed by atoms with Gasteiger partial charge in [-0.25, -0.2) is 4.39 Å². The summed E-state index contributed by atoms with van der Waals surface area (Å²) in [4.78, 5) is 58.3. The van der Waals surface area contributed by atoms with Crippen molar-refractivity contribution in [3.63, 3.8) is 0 Å². The Morgan fingerprint density at radius 2 is 1.61 bits per heavy atom. The van der Waals surface area contributed by atoms with Gasteiger partial charge in [-0.3, -0.25) is 24.1 Å². The molecule has 0 spiro atoms. The number of fused-ring (bicyclic) bond motifs is 1. The van der Waals surface area contributed by atoms with E-state index in [1.54, 1.807) is 54.6 Å². The van der Waals surface area contributed by atoms with Crippen LogP contribution in [0, 0.1) is 5.82 Å². The number of carbonyl (C=O) groups is 4. The lowest BCUT2D eigenvalue weighted by molar-refractivity contribution is -0.139. The summed E-state index contributed by atoms with van der Waals surface area (Å²) < 4.78 is 19.2. The summed E-state index contributed by atoms with van der Waals surface area (Å²) in [6.45, 7) is -0.584. The van der Waals surface area contributed by atoms with Crippen molar-refractivity contribution in [1.29, 1.82) is 0 Å². The summed E-state index contributed by atoms with van der Waals surface area (Å²) in [7, 11) is 5.31. The zero-order valence-corrected chi connectivity index (χ0v) is 24.5. The minimum Gasteiger partial charge on any atom is -0.497 e. The number of nitrogens with zero attached hydrogens (tertiary/aromatic N) is 3. The van der Waals surface area contributed by atoms with Gasteiger partial charge in [0.25, 0.3) is 17.6 Å². The molecule has 1 heterocycles. The van der Waals surface area contributed by atoms with E-state index in [4.69, 9.17) is 4.74 Å². The largest absolute Gasteiger partial charge is 0.497 e. The van der Waals surface area contributed by atoms with Crippen LogP contribution in [0.1, 0.15) is 27.5 Å². The van der Waals surface area contributed by atoms with Gasteiger partial charge in [-0.1, -0.05) is 36.4 Å². The molecule has 0 saturated carbocycles. The Balaban J connectivity index is 1.55. The summed E-state index contributed by atoms with van der Waals surface area (Å²) in [5.41, 5.74) is 2.98. The van der Waals surface area contributed by atoms with Crippen molar-refractivity contribution in [2.24, 2.45) is 0 Å². The average molecular weight is 595 g/mol. The number of rotatable bonds is 10. The molecule has 0 bridgehead atoms. The standard InChI is InChI=1S/C34H31FN4O5/c1-37(2)26-17-15-25(16-18-26)36-33(42)31(23-7-6-8-27(19-23)44-3)39(20-22-11-13-24(35)14-12-22)30(40)21-38-29-10-5-4-9-28(29)32(41)34(38)43/h4-19,31H,20-21H2,1-3H3,(H,36,42). The SMILES string of the molecule is COc1cccc(C(C(=O)Nc2ccc(N(C)C)cc2)N(Cc2ccc(F)cc2)C(=O)CN2C(=O)C(=O)c3ccccc32)c1. The number of Topliss-reactive ketones (excluding diaryl/α,β-unsaturated/α-hetero) is 1. The summed E-state index contributed by atoms with van der Waals surface area (Å²) in [5, 5.41) is 2.91. The summed E-state index contributed by atoms with van der Waals surface area (Å²) in [6.07, 6.45) is 0. The van der Waals surface area contributed by atoms with E-state index in [1.165, 1.54) is 42.3 Å². The Morgan fingerprint density at radius 3 is 2.30 bits per heavy atom. The Morgan fingerprint density at radius 1 is 0.909 bits per heavy atom. The Bertz CT molecular complexity index is 1710. The number of hydrogen-bond acceptors (Lipinski definition) is 6. The molecule has 1 atom stereocenters. The predicted octanol–water partition coefficient (Wildman–Crippen LogP) is 4.84. The van der Waals surface area contributed by atoms with Gasteiger partial charge in [0, 0.05) is 32.0 Å². The van der Waals surface area contributed by atoms with E-state index in [-0.39, 0.29) is 12.1 Å². The Kier molecular flexibility index (Phi) is 8.71. The highest BCUT2D eigenvalue weighted by molar-refractivity contribution is 6.52. The summed E-state index contributed by atoms with van der Waals surface area (Å²) in [6, 6.07) is 24.8. The molecule has 0 aliphatic carbocycles. The maximum absolute atomic E-state index is 14.2. The molecular formula is C34H31FN4O5. The number of para-hydroxylation sites is 1. The second-order valence-corrected chi connectivity index (χ2v) is 10.5. The van der Waals surface area contributed by atoms with Crippen LogP contribution in [0.5, 0.6) is 5.75 Å². The molecule has 1 aliphatic rings. The van der Waals surface area contributed by atoms with Crippen LogP contribution < -0.4 is 19.9 Å². The maximum atomic E-state index is 14.2. The van der Waals surface area contributed by atoms with E-state index < -0.39 is 41.9 Å². The van der Waals surface area contributed by atoms with Gasteiger partial charge in [0.05, 0.1) is 18.4 Å². The first kappa shape index (κ1) is 30.0. The molecule has 5 rings (SSSR count). The number of halogens is 1. The summed E-state index contributed by atoms with van der Waals surface area (Å²) in [5.74, 6) is -2.63. The normalized spacial score (nSPS) is 12.9. The monoisotopic (exact) mass is 594 g/mol. The number of methoxy groups -OCH3 is 1. The molecule has 0 radical (unpaired) electrons. The van der Waals surface area contributed by atoms with Crippen LogP contribution in [-0.4, -0.2) is 56.2 Å². The van der Waals surface area contributed by atoms with Gasteiger partial charge >= 0.3 is 0 Å². The lowest BCUT2D eigenvalue weighted by atomic mass is 10.0. The van der Waals surface area contributed by atoms with Gasteiger partial charge in [-0.2, -0.15) is 0 Å². The fraction of sp³-hybridized carbons (Fsp3) is 0.176. The fourth-order valence-electron chi connectivity index (χ4n) is 5.08. The van der Waals surface area contributed by atoms with Crippen LogP contribution in [-0.2, 0) is 20.9 Å². The van der Waals surface area contributed by atoms with E-state index in [0.717, 1.165) is 10.6 Å². The van der Waals surface area contributed by atoms with Gasteiger partial charge in [-0.15, -0.1) is 0 Å². The fourth-order valence-corrected chi connectivity index (χ4v) is 5.08. The van der Waals surface area contributed by atoms with E-state index in [0.29, 0.717) is 28.3 Å². The number of ketones is 1. The van der Waals surface area contributed by atoms with E-state index in [2.05, 4.69) is 5.32 Å². The molecule has 0 saturated heterocycles. The van der Waals surface area contributed by atoms with E-state index >= 15 is 0 Å². The number of carbonyl (C=O) groups excluding carboxylic acids is 4.